The van der Waals surface area contributed by atoms with E-state index in [1.165, 1.54) is 0 Å². The van der Waals surface area contributed by atoms with Crippen molar-refractivity contribution in [3.8, 4) is 11.3 Å². The fourth-order valence-corrected chi connectivity index (χ4v) is 1.59. The van der Waals surface area contributed by atoms with E-state index in [1.54, 1.807) is 6.20 Å². The average molecular weight is 246 g/mol. The Labute approximate surface area is 105 Å². The fraction of sp³-hybridized carbons (Fsp3) is 0.0769. The Balaban J connectivity index is 2.26. The predicted molar refractivity (Wildman–Crippen MR) is 70.6 cm³/mol. The lowest BCUT2D eigenvalue weighted by molar-refractivity contribution is 1.11. The van der Waals surface area contributed by atoms with Gasteiger partial charge in [0.1, 0.15) is 0 Å². The third-order valence-electron chi connectivity index (χ3n) is 2.28. The molecule has 2 aromatic rings. The standard InChI is InChI=1S/C13H12ClN3/c1-15-8-6-10-2-4-11(5-3-10)12-7-9-16-13(14)17-12/h2-9,15H,1H3/b8-6-. The Morgan fingerprint density at radius 1 is 1.18 bits per heavy atom. The van der Waals surface area contributed by atoms with Gasteiger partial charge in [0.25, 0.3) is 0 Å². The maximum absolute atomic E-state index is 5.75. The molecule has 2 rings (SSSR count). The van der Waals surface area contributed by atoms with Gasteiger partial charge >= 0.3 is 0 Å². The minimum absolute atomic E-state index is 0.265. The summed E-state index contributed by atoms with van der Waals surface area (Å²) in [7, 11) is 1.87. The Morgan fingerprint density at radius 3 is 2.59 bits per heavy atom. The van der Waals surface area contributed by atoms with E-state index in [0.717, 1.165) is 16.8 Å². The third kappa shape index (κ3) is 3.04. The smallest absolute Gasteiger partial charge is 0.222 e. The summed E-state index contributed by atoms with van der Waals surface area (Å²) in [4.78, 5) is 8.02. The van der Waals surface area contributed by atoms with Crippen LogP contribution in [0.25, 0.3) is 17.3 Å². The highest BCUT2D eigenvalue weighted by molar-refractivity contribution is 6.28. The topological polar surface area (TPSA) is 37.8 Å². The molecule has 0 saturated heterocycles. The van der Waals surface area contributed by atoms with Gasteiger partial charge in [0.05, 0.1) is 5.69 Å². The molecule has 0 fully saturated rings. The van der Waals surface area contributed by atoms with Gasteiger partial charge in [0.2, 0.25) is 5.28 Å². The van der Waals surface area contributed by atoms with Crippen LogP contribution in [0.4, 0.5) is 0 Å². The van der Waals surface area contributed by atoms with E-state index >= 15 is 0 Å². The van der Waals surface area contributed by atoms with Crippen molar-refractivity contribution in [2.24, 2.45) is 0 Å². The molecule has 0 atom stereocenters. The Kier molecular flexibility index (Phi) is 3.73. The van der Waals surface area contributed by atoms with E-state index < -0.39 is 0 Å². The monoisotopic (exact) mass is 245 g/mol. The van der Waals surface area contributed by atoms with E-state index in [9.17, 15) is 0 Å². The number of halogens is 1. The van der Waals surface area contributed by atoms with Crippen LogP contribution in [0.1, 0.15) is 5.56 Å². The first-order chi connectivity index (χ1) is 8.29. The van der Waals surface area contributed by atoms with Crippen LogP contribution in [0.5, 0.6) is 0 Å². The largest absolute Gasteiger partial charge is 0.394 e. The van der Waals surface area contributed by atoms with Gasteiger partial charge in [-0.2, -0.15) is 0 Å². The second-order valence-electron chi connectivity index (χ2n) is 3.45. The van der Waals surface area contributed by atoms with Crippen LogP contribution in [0, 0.1) is 0 Å². The lowest BCUT2D eigenvalue weighted by atomic mass is 10.1. The maximum Gasteiger partial charge on any atom is 0.222 e. The van der Waals surface area contributed by atoms with Gasteiger partial charge in [-0.05, 0) is 35.5 Å². The molecule has 0 unspecified atom stereocenters. The molecule has 0 saturated carbocycles. The van der Waals surface area contributed by atoms with Crippen LogP contribution < -0.4 is 5.32 Å². The number of benzene rings is 1. The molecule has 0 radical (unpaired) electrons. The molecule has 0 aliphatic heterocycles. The molecule has 1 aromatic carbocycles. The van der Waals surface area contributed by atoms with E-state index in [-0.39, 0.29) is 5.28 Å². The normalized spacial score (nSPS) is 10.7. The molecule has 1 N–H and O–H groups in total. The summed E-state index contributed by atoms with van der Waals surface area (Å²) in [6.07, 6.45) is 5.53. The number of hydrogen-bond acceptors (Lipinski definition) is 3. The first-order valence-electron chi connectivity index (χ1n) is 5.22. The summed E-state index contributed by atoms with van der Waals surface area (Å²) < 4.78 is 0. The molecular formula is C13H12ClN3. The van der Waals surface area contributed by atoms with Crippen LogP contribution >= 0.6 is 11.6 Å². The Morgan fingerprint density at radius 2 is 1.94 bits per heavy atom. The van der Waals surface area contributed by atoms with Gasteiger partial charge in [-0.1, -0.05) is 24.3 Å². The van der Waals surface area contributed by atoms with Gasteiger partial charge in [-0.3, -0.25) is 0 Å². The van der Waals surface area contributed by atoms with E-state index in [0.29, 0.717) is 0 Å². The molecule has 0 aliphatic rings. The minimum atomic E-state index is 0.265. The molecular weight excluding hydrogens is 234 g/mol. The summed E-state index contributed by atoms with van der Waals surface area (Å²) in [6, 6.07) is 9.91. The summed E-state index contributed by atoms with van der Waals surface area (Å²) in [5.41, 5.74) is 2.98. The van der Waals surface area contributed by atoms with Crippen LogP contribution in [0.3, 0.4) is 0 Å². The Hall–Kier alpha value is -1.87. The highest BCUT2D eigenvalue weighted by atomic mass is 35.5. The van der Waals surface area contributed by atoms with E-state index in [4.69, 9.17) is 11.6 Å². The van der Waals surface area contributed by atoms with Crippen LogP contribution in [0.15, 0.2) is 42.7 Å². The lowest BCUT2D eigenvalue weighted by Gasteiger charge is -2.01. The molecule has 86 valence electrons. The lowest BCUT2D eigenvalue weighted by Crippen LogP contribution is -1.90. The first kappa shape index (κ1) is 11.6. The number of rotatable bonds is 3. The molecule has 0 aliphatic carbocycles. The van der Waals surface area contributed by atoms with Gasteiger partial charge < -0.3 is 5.32 Å². The van der Waals surface area contributed by atoms with E-state index in [1.807, 2.05) is 49.7 Å². The molecule has 17 heavy (non-hydrogen) atoms. The van der Waals surface area contributed by atoms with Crippen LogP contribution in [-0.2, 0) is 0 Å². The highest BCUT2D eigenvalue weighted by Crippen LogP contribution is 2.18. The van der Waals surface area contributed by atoms with Gasteiger partial charge in [0.15, 0.2) is 0 Å². The van der Waals surface area contributed by atoms with Crippen molar-refractivity contribution in [3.63, 3.8) is 0 Å². The first-order valence-corrected chi connectivity index (χ1v) is 5.60. The summed E-state index contributed by atoms with van der Waals surface area (Å²) in [6.45, 7) is 0. The van der Waals surface area contributed by atoms with E-state index in [2.05, 4.69) is 15.3 Å². The summed E-state index contributed by atoms with van der Waals surface area (Å²) in [5, 5.41) is 3.22. The number of nitrogens with one attached hydrogen (secondary N) is 1. The quantitative estimate of drug-likeness (QED) is 0.845. The minimum Gasteiger partial charge on any atom is -0.394 e. The zero-order valence-electron chi connectivity index (χ0n) is 9.39. The fourth-order valence-electron chi connectivity index (χ4n) is 1.44. The van der Waals surface area contributed by atoms with Crippen molar-refractivity contribution in [3.05, 3.63) is 53.6 Å². The summed E-state index contributed by atoms with van der Waals surface area (Å²) in [5.74, 6) is 0. The zero-order valence-corrected chi connectivity index (χ0v) is 10.1. The third-order valence-corrected chi connectivity index (χ3v) is 2.46. The molecule has 0 amide bonds. The van der Waals surface area contributed by atoms with Crippen molar-refractivity contribution < 1.29 is 0 Å². The second kappa shape index (κ2) is 5.46. The van der Waals surface area contributed by atoms with Crippen molar-refractivity contribution >= 4 is 17.7 Å². The van der Waals surface area contributed by atoms with Gasteiger partial charge in [-0.25, -0.2) is 9.97 Å². The van der Waals surface area contributed by atoms with Crippen molar-refractivity contribution in [1.82, 2.24) is 15.3 Å². The summed E-state index contributed by atoms with van der Waals surface area (Å²) >= 11 is 5.75. The SMILES string of the molecule is CN/C=C\c1ccc(-c2ccnc(Cl)n2)cc1. The number of aromatic nitrogens is 2. The van der Waals surface area contributed by atoms with Crippen LogP contribution in [-0.4, -0.2) is 17.0 Å². The highest BCUT2D eigenvalue weighted by Gasteiger charge is 1.99. The Bertz CT molecular complexity index is 520. The van der Waals surface area contributed by atoms with Crippen molar-refractivity contribution in [2.45, 2.75) is 0 Å². The predicted octanol–water partition coefficient (Wildman–Crippen LogP) is 2.99. The van der Waals surface area contributed by atoms with Gasteiger partial charge in [-0.15, -0.1) is 0 Å². The second-order valence-corrected chi connectivity index (χ2v) is 3.79. The molecule has 1 aromatic heterocycles. The molecule has 3 nitrogen and oxygen atoms in total. The molecule has 1 heterocycles. The zero-order chi connectivity index (χ0) is 12.1. The molecule has 0 bridgehead atoms. The maximum atomic E-state index is 5.75. The molecule has 4 heteroatoms. The van der Waals surface area contributed by atoms with Gasteiger partial charge in [0, 0.05) is 18.8 Å². The number of nitrogens with zero attached hydrogens (tertiary/aromatic N) is 2. The number of hydrogen-bond donors (Lipinski definition) is 1. The average Bonchev–Trinajstić information content (AvgIpc) is 2.37. The van der Waals surface area contributed by atoms with Crippen molar-refractivity contribution in [2.75, 3.05) is 7.05 Å². The molecule has 0 spiro atoms. The van der Waals surface area contributed by atoms with Crippen molar-refractivity contribution in [1.29, 1.82) is 0 Å². The van der Waals surface area contributed by atoms with Crippen LogP contribution in [0.2, 0.25) is 5.28 Å².